The summed E-state index contributed by atoms with van der Waals surface area (Å²) in [5, 5.41) is 6.05. The smallest absolute Gasteiger partial charge is 0.270 e. The van der Waals surface area contributed by atoms with Crippen LogP contribution in [0.1, 0.15) is 43.6 Å². The fraction of sp³-hybridized carbons (Fsp3) is 0.571. The Labute approximate surface area is 108 Å². The van der Waals surface area contributed by atoms with E-state index in [1.807, 2.05) is 12.1 Å². The number of aromatic nitrogens is 1. The fourth-order valence-corrected chi connectivity index (χ4v) is 2.53. The molecule has 1 aromatic rings. The van der Waals surface area contributed by atoms with Crippen LogP contribution in [-0.2, 0) is 0 Å². The van der Waals surface area contributed by atoms with E-state index in [0.717, 1.165) is 6.42 Å². The molecule has 1 atom stereocenters. The number of hydrogen-bond acceptors (Lipinski definition) is 3. The summed E-state index contributed by atoms with van der Waals surface area (Å²) in [5.74, 6) is 0.639. The molecule has 0 aliphatic heterocycles. The number of nitrogens with one attached hydrogen (secondary N) is 2. The summed E-state index contributed by atoms with van der Waals surface area (Å²) >= 11 is 0. The third kappa shape index (κ3) is 2.63. The SMILES string of the molecule is CNc1cccc(C(=O)NC2CCCC2(C)C)n1. The number of carbonyl (C=O) groups is 1. The highest BCUT2D eigenvalue weighted by Crippen LogP contribution is 2.37. The van der Waals surface area contributed by atoms with E-state index in [0.29, 0.717) is 11.5 Å². The van der Waals surface area contributed by atoms with Gasteiger partial charge in [-0.15, -0.1) is 0 Å². The number of carbonyl (C=O) groups excluding carboxylic acids is 1. The lowest BCUT2D eigenvalue weighted by Crippen LogP contribution is -2.41. The normalized spacial score (nSPS) is 21.6. The summed E-state index contributed by atoms with van der Waals surface area (Å²) in [5.41, 5.74) is 0.667. The van der Waals surface area contributed by atoms with Crippen molar-refractivity contribution < 1.29 is 4.79 Å². The van der Waals surface area contributed by atoms with Crippen LogP contribution >= 0.6 is 0 Å². The van der Waals surface area contributed by atoms with Gasteiger partial charge in [0, 0.05) is 13.1 Å². The lowest BCUT2D eigenvalue weighted by atomic mass is 9.87. The third-order valence-corrected chi connectivity index (χ3v) is 3.80. The van der Waals surface area contributed by atoms with Gasteiger partial charge in [-0.05, 0) is 30.4 Å². The van der Waals surface area contributed by atoms with Crippen LogP contribution in [0, 0.1) is 5.41 Å². The molecule has 1 heterocycles. The second-order valence-corrected chi connectivity index (χ2v) is 5.56. The molecule has 0 aromatic carbocycles. The zero-order valence-electron chi connectivity index (χ0n) is 11.3. The van der Waals surface area contributed by atoms with Gasteiger partial charge in [-0.25, -0.2) is 4.98 Å². The number of amides is 1. The Morgan fingerprint density at radius 2 is 2.22 bits per heavy atom. The van der Waals surface area contributed by atoms with Crippen molar-refractivity contribution in [1.82, 2.24) is 10.3 Å². The first-order chi connectivity index (χ1) is 8.53. The average molecular weight is 247 g/mol. The van der Waals surface area contributed by atoms with Gasteiger partial charge in [0.15, 0.2) is 0 Å². The van der Waals surface area contributed by atoms with Crippen molar-refractivity contribution in [2.45, 2.75) is 39.2 Å². The molecule has 98 valence electrons. The van der Waals surface area contributed by atoms with E-state index in [-0.39, 0.29) is 17.4 Å². The molecule has 18 heavy (non-hydrogen) atoms. The van der Waals surface area contributed by atoms with Crippen LogP contribution in [0.15, 0.2) is 18.2 Å². The van der Waals surface area contributed by atoms with Crippen LogP contribution in [0.5, 0.6) is 0 Å². The molecular formula is C14H21N3O. The Bertz CT molecular complexity index is 442. The molecule has 0 saturated heterocycles. The first-order valence-electron chi connectivity index (χ1n) is 6.48. The maximum atomic E-state index is 12.2. The maximum absolute atomic E-state index is 12.2. The van der Waals surface area contributed by atoms with Gasteiger partial charge in [-0.3, -0.25) is 4.79 Å². The summed E-state index contributed by atoms with van der Waals surface area (Å²) < 4.78 is 0. The second-order valence-electron chi connectivity index (χ2n) is 5.56. The molecule has 0 radical (unpaired) electrons. The molecule has 4 nitrogen and oxygen atoms in total. The summed E-state index contributed by atoms with van der Waals surface area (Å²) in [4.78, 5) is 16.4. The quantitative estimate of drug-likeness (QED) is 0.862. The molecule has 1 fully saturated rings. The summed E-state index contributed by atoms with van der Waals surface area (Å²) in [6.45, 7) is 4.42. The van der Waals surface area contributed by atoms with Crippen LogP contribution in [-0.4, -0.2) is 24.0 Å². The zero-order chi connectivity index (χ0) is 13.2. The third-order valence-electron chi connectivity index (χ3n) is 3.80. The molecule has 1 unspecified atom stereocenters. The molecular weight excluding hydrogens is 226 g/mol. The monoisotopic (exact) mass is 247 g/mol. The van der Waals surface area contributed by atoms with Crippen LogP contribution in [0.2, 0.25) is 0 Å². The van der Waals surface area contributed by atoms with E-state index in [4.69, 9.17) is 0 Å². The maximum Gasteiger partial charge on any atom is 0.270 e. The van der Waals surface area contributed by atoms with Crippen molar-refractivity contribution in [2.75, 3.05) is 12.4 Å². The molecule has 1 aliphatic carbocycles. The van der Waals surface area contributed by atoms with Gasteiger partial charge in [-0.1, -0.05) is 26.3 Å². The molecule has 2 rings (SSSR count). The summed E-state index contributed by atoms with van der Waals surface area (Å²) in [7, 11) is 1.80. The largest absolute Gasteiger partial charge is 0.373 e. The Morgan fingerprint density at radius 1 is 1.44 bits per heavy atom. The minimum atomic E-state index is -0.0768. The Hall–Kier alpha value is -1.58. The van der Waals surface area contributed by atoms with E-state index < -0.39 is 0 Å². The van der Waals surface area contributed by atoms with E-state index in [2.05, 4.69) is 29.5 Å². The number of hydrogen-bond donors (Lipinski definition) is 2. The van der Waals surface area contributed by atoms with Crippen molar-refractivity contribution in [3.05, 3.63) is 23.9 Å². The first-order valence-corrected chi connectivity index (χ1v) is 6.48. The number of pyridine rings is 1. The van der Waals surface area contributed by atoms with E-state index in [1.165, 1.54) is 12.8 Å². The average Bonchev–Trinajstić information content (AvgIpc) is 2.69. The fourth-order valence-electron chi connectivity index (χ4n) is 2.53. The van der Waals surface area contributed by atoms with Crippen LogP contribution in [0.3, 0.4) is 0 Å². The highest BCUT2D eigenvalue weighted by atomic mass is 16.1. The van der Waals surface area contributed by atoms with E-state index in [1.54, 1.807) is 13.1 Å². The van der Waals surface area contributed by atoms with E-state index >= 15 is 0 Å². The number of anilines is 1. The van der Waals surface area contributed by atoms with Gasteiger partial charge in [0.1, 0.15) is 11.5 Å². The van der Waals surface area contributed by atoms with Gasteiger partial charge in [0.2, 0.25) is 0 Å². The Kier molecular flexibility index (Phi) is 3.55. The Balaban J connectivity index is 2.07. The topological polar surface area (TPSA) is 54.0 Å². The molecule has 4 heteroatoms. The van der Waals surface area contributed by atoms with Crippen molar-refractivity contribution in [3.8, 4) is 0 Å². The van der Waals surface area contributed by atoms with Crippen molar-refractivity contribution >= 4 is 11.7 Å². The molecule has 1 saturated carbocycles. The van der Waals surface area contributed by atoms with Crippen LogP contribution in [0.4, 0.5) is 5.82 Å². The minimum Gasteiger partial charge on any atom is -0.373 e. The molecule has 0 spiro atoms. The lowest BCUT2D eigenvalue weighted by molar-refractivity contribution is 0.0905. The number of rotatable bonds is 3. The van der Waals surface area contributed by atoms with Gasteiger partial charge in [0.25, 0.3) is 5.91 Å². The van der Waals surface area contributed by atoms with Crippen LogP contribution in [0.25, 0.3) is 0 Å². The van der Waals surface area contributed by atoms with Gasteiger partial charge in [-0.2, -0.15) is 0 Å². The first kappa shape index (κ1) is 12.9. The van der Waals surface area contributed by atoms with Gasteiger partial charge >= 0.3 is 0 Å². The molecule has 1 aliphatic rings. The van der Waals surface area contributed by atoms with Crippen LogP contribution < -0.4 is 10.6 Å². The highest BCUT2D eigenvalue weighted by molar-refractivity contribution is 5.92. The highest BCUT2D eigenvalue weighted by Gasteiger charge is 2.35. The Morgan fingerprint density at radius 3 is 2.83 bits per heavy atom. The standard InChI is InChI=1S/C14H21N3O/c1-14(2)9-5-7-11(14)17-13(18)10-6-4-8-12(15-3)16-10/h4,6,8,11H,5,7,9H2,1-3H3,(H,15,16)(H,17,18). The van der Waals surface area contributed by atoms with Crippen molar-refractivity contribution in [2.24, 2.45) is 5.41 Å². The minimum absolute atomic E-state index is 0.0768. The van der Waals surface area contributed by atoms with Crippen molar-refractivity contribution in [1.29, 1.82) is 0 Å². The molecule has 1 aromatic heterocycles. The molecule has 0 bridgehead atoms. The summed E-state index contributed by atoms with van der Waals surface area (Å²) in [6, 6.07) is 5.69. The van der Waals surface area contributed by atoms with Gasteiger partial charge < -0.3 is 10.6 Å². The predicted molar refractivity (Wildman–Crippen MR) is 72.7 cm³/mol. The van der Waals surface area contributed by atoms with Crippen molar-refractivity contribution in [3.63, 3.8) is 0 Å². The second kappa shape index (κ2) is 4.96. The zero-order valence-corrected chi connectivity index (χ0v) is 11.3. The predicted octanol–water partition coefficient (Wildman–Crippen LogP) is 2.43. The lowest BCUT2D eigenvalue weighted by Gasteiger charge is -2.27. The summed E-state index contributed by atoms with van der Waals surface area (Å²) in [6.07, 6.45) is 3.41. The van der Waals surface area contributed by atoms with E-state index in [9.17, 15) is 4.79 Å². The van der Waals surface area contributed by atoms with Gasteiger partial charge in [0.05, 0.1) is 0 Å². The number of nitrogens with zero attached hydrogens (tertiary/aromatic N) is 1. The molecule has 1 amide bonds. The molecule has 2 N–H and O–H groups in total.